The molecule has 5 N–H and O–H groups in total. The molecule has 1 amide bonds. The van der Waals surface area contributed by atoms with E-state index in [2.05, 4.69) is 4.84 Å². The average Bonchev–Trinajstić information content (AvgIpc) is 2.50. The molecule has 0 saturated heterocycles. The Hall–Kier alpha value is -2.73. The minimum absolute atomic E-state index is 0.0497. The van der Waals surface area contributed by atoms with Crippen LogP contribution in [0.1, 0.15) is 18.4 Å². The highest BCUT2D eigenvalue weighted by atomic mass is 17.1. The fourth-order valence-electron chi connectivity index (χ4n) is 1.84. The predicted molar refractivity (Wildman–Crippen MR) is 79.0 cm³/mol. The molecule has 0 saturated carbocycles. The maximum absolute atomic E-state index is 11.7. The lowest BCUT2D eigenvalue weighted by atomic mass is 10.1. The predicted octanol–water partition coefficient (Wildman–Crippen LogP) is 0.648. The van der Waals surface area contributed by atoms with Gasteiger partial charge in [0.1, 0.15) is 11.8 Å². The molecule has 1 aromatic carbocycles. The first-order chi connectivity index (χ1) is 11.8. The molecular formula is C14H18N2O9. The summed E-state index contributed by atoms with van der Waals surface area (Å²) in [5.74, 6) is -2.72. The van der Waals surface area contributed by atoms with Gasteiger partial charge in [-0.05, 0) is 30.5 Å². The van der Waals surface area contributed by atoms with Crippen LogP contribution in [0, 0.1) is 0 Å². The number of nitrogens with zero attached hydrogens (tertiary/aromatic N) is 1. The Kier molecular flexibility index (Phi) is 8.29. The minimum Gasteiger partial charge on any atom is -0.481 e. The average molecular weight is 358 g/mol. The molecule has 138 valence electrons. The Labute approximate surface area is 141 Å². The first-order valence-electron chi connectivity index (χ1n) is 7.10. The number of aliphatic carboxylic acids is 2. The summed E-state index contributed by atoms with van der Waals surface area (Å²) in [6, 6.07) is 4.74. The second kappa shape index (κ2) is 10.2. The molecule has 11 nitrogen and oxygen atoms in total. The third kappa shape index (κ3) is 8.62. The smallest absolute Gasteiger partial charge is 0.413 e. The highest BCUT2D eigenvalue weighted by molar-refractivity contribution is 5.85. The molecule has 0 aliphatic rings. The molecule has 0 aliphatic carbocycles. The summed E-state index contributed by atoms with van der Waals surface area (Å²) >= 11 is 0. The Morgan fingerprint density at radius 1 is 1.20 bits per heavy atom. The Balaban J connectivity index is 2.55. The maximum Gasteiger partial charge on any atom is 0.413 e. The van der Waals surface area contributed by atoms with E-state index in [9.17, 15) is 14.4 Å². The third-order valence-electron chi connectivity index (χ3n) is 2.89. The summed E-state index contributed by atoms with van der Waals surface area (Å²) in [5, 5.41) is 35.8. The van der Waals surface area contributed by atoms with Crippen LogP contribution in [-0.4, -0.2) is 56.7 Å². The van der Waals surface area contributed by atoms with Gasteiger partial charge in [-0.3, -0.25) is 20.0 Å². The summed E-state index contributed by atoms with van der Waals surface area (Å²) in [5.41, 5.74) is 0.761. The van der Waals surface area contributed by atoms with Gasteiger partial charge in [0.05, 0.1) is 18.4 Å². The van der Waals surface area contributed by atoms with E-state index in [0.717, 1.165) is 5.56 Å². The van der Waals surface area contributed by atoms with Crippen molar-refractivity contribution in [1.29, 1.82) is 0 Å². The van der Waals surface area contributed by atoms with E-state index in [1.165, 1.54) is 12.1 Å². The van der Waals surface area contributed by atoms with Gasteiger partial charge in [0, 0.05) is 0 Å². The monoisotopic (exact) mass is 358 g/mol. The van der Waals surface area contributed by atoms with E-state index in [4.69, 9.17) is 25.4 Å². The molecule has 25 heavy (non-hydrogen) atoms. The molecule has 0 radical (unpaired) electrons. The van der Waals surface area contributed by atoms with Gasteiger partial charge in [0.2, 0.25) is 0 Å². The number of carboxylic acid groups (broad SMARTS) is 2. The lowest BCUT2D eigenvalue weighted by Gasteiger charge is -2.13. The first-order valence-corrected chi connectivity index (χ1v) is 7.10. The fourth-order valence-corrected chi connectivity index (χ4v) is 1.84. The van der Waals surface area contributed by atoms with Crippen LogP contribution in [0.15, 0.2) is 24.3 Å². The summed E-state index contributed by atoms with van der Waals surface area (Å²) in [6.45, 7) is 0.0497. The molecule has 11 heteroatoms. The molecule has 1 unspecified atom stereocenters. The highest BCUT2D eigenvalue weighted by Crippen LogP contribution is 2.15. The molecule has 1 aromatic rings. The van der Waals surface area contributed by atoms with Gasteiger partial charge in [0.25, 0.3) is 0 Å². The van der Waals surface area contributed by atoms with Gasteiger partial charge in [0.15, 0.2) is 0 Å². The van der Waals surface area contributed by atoms with Crippen LogP contribution in [0.25, 0.3) is 0 Å². The van der Waals surface area contributed by atoms with E-state index < -0.39 is 30.5 Å². The molecule has 0 bridgehead atoms. The van der Waals surface area contributed by atoms with Crippen LogP contribution in [-0.2, 0) is 20.8 Å². The molecule has 1 atom stereocenters. The number of nitrogens with one attached hydrogen (secondary N) is 1. The number of hydrogen-bond donors (Lipinski definition) is 5. The van der Waals surface area contributed by atoms with Crippen molar-refractivity contribution in [2.75, 3.05) is 6.61 Å². The lowest BCUT2D eigenvalue weighted by Crippen LogP contribution is -2.43. The van der Waals surface area contributed by atoms with Gasteiger partial charge in [-0.25, -0.2) is 9.59 Å². The zero-order valence-corrected chi connectivity index (χ0v) is 13.0. The number of hydrogen-bond acceptors (Lipinski definition) is 8. The molecule has 0 heterocycles. The maximum atomic E-state index is 11.7. The van der Waals surface area contributed by atoms with Crippen molar-refractivity contribution in [2.45, 2.75) is 25.3 Å². The SMILES string of the molecule is O=C(O)CC(NC(=O)Oc1cccc(CCCON(O)O)c1)C(=O)O. The van der Waals surface area contributed by atoms with Crippen LogP contribution in [0.4, 0.5) is 4.79 Å². The van der Waals surface area contributed by atoms with Gasteiger partial charge >= 0.3 is 18.0 Å². The zero-order valence-electron chi connectivity index (χ0n) is 13.0. The lowest BCUT2D eigenvalue weighted by molar-refractivity contribution is -0.492. The van der Waals surface area contributed by atoms with E-state index in [0.29, 0.717) is 12.8 Å². The van der Waals surface area contributed by atoms with Crippen LogP contribution < -0.4 is 10.1 Å². The number of carbonyl (C=O) groups excluding carboxylic acids is 1. The molecule has 0 aromatic heterocycles. The highest BCUT2D eigenvalue weighted by Gasteiger charge is 2.23. The molecule has 1 rings (SSSR count). The van der Waals surface area contributed by atoms with Crippen molar-refractivity contribution in [1.82, 2.24) is 10.7 Å². The van der Waals surface area contributed by atoms with Crippen molar-refractivity contribution in [3.8, 4) is 5.75 Å². The van der Waals surface area contributed by atoms with E-state index in [1.54, 1.807) is 12.1 Å². The molecule has 0 spiro atoms. The normalized spacial score (nSPS) is 11.8. The minimum atomic E-state index is -1.61. The van der Waals surface area contributed by atoms with E-state index in [-0.39, 0.29) is 17.7 Å². The Morgan fingerprint density at radius 3 is 2.52 bits per heavy atom. The summed E-state index contributed by atoms with van der Waals surface area (Å²) in [7, 11) is 0. The quantitative estimate of drug-likeness (QED) is 0.296. The summed E-state index contributed by atoms with van der Waals surface area (Å²) < 4.78 is 4.94. The fraction of sp³-hybridized carbons (Fsp3) is 0.357. The van der Waals surface area contributed by atoms with Gasteiger partial charge < -0.3 is 20.3 Å². The van der Waals surface area contributed by atoms with Crippen molar-refractivity contribution in [3.63, 3.8) is 0 Å². The van der Waals surface area contributed by atoms with Crippen LogP contribution >= 0.6 is 0 Å². The van der Waals surface area contributed by atoms with Gasteiger partial charge in [-0.1, -0.05) is 12.1 Å². The second-order valence-corrected chi connectivity index (χ2v) is 4.86. The van der Waals surface area contributed by atoms with Crippen molar-refractivity contribution in [2.24, 2.45) is 0 Å². The number of ether oxygens (including phenoxy) is 1. The standard InChI is InChI=1S/C14H18N2O9/c17-12(18)8-11(13(19)20)15-14(21)25-10-5-1-3-9(7-10)4-2-6-24-16(22)23/h1,3,5,7,11,22-23H,2,4,6,8H2,(H,15,21)(H,17,18)(H,19,20). The number of amides is 1. The molecular weight excluding hydrogens is 340 g/mol. The summed E-state index contributed by atoms with van der Waals surface area (Å²) in [6.07, 6.45) is -0.932. The zero-order chi connectivity index (χ0) is 18.8. The van der Waals surface area contributed by atoms with E-state index >= 15 is 0 Å². The molecule has 0 aliphatic heterocycles. The van der Waals surface area contributed by atoms with Gasteiger partial charge in [-0.15, -0.1) is 0 Å². The number of rotatable bonds is 10. The van der Waals surface area contributed by atoms with Crippen molar-refractivity contribution >= 4 is 18.0 Å². The van der Waals surface area contributed by atoms with Crippen molar-refractivity contribution < 1.29 is 44.6 Å². The van der Waals surface area contributed by atoms with E-state index in [1.807, 2.05) is 5.32 Å². The number of benzene rings is 1. The number of carboxylic acids is 2. The van der Waals surface area contributed by atoms with Crippen LogP contribution in [0.5, 0.6) is 5.75 Å². The Bertz CT molecular complexity index is 606. The Morgan fingerprint density at radius 2 is 1.92 bits per heavy atom. The third-order valence-corrected chi connectivity index (χ3v) is 2.89. The number of carbonyl (C=O) groups is 3. The first kappa shape index (κ1) is 20.3. The summed E-state index contributed by atoms with van der Waals surface area (Å²) in [4.78, 5) is 37.5. The van der Waals surface area contributed by atoms with Crippen LogP contribution in [0.3, 0.4) is 0 Å². The van der Waals surface area contributed by atoms with Crippen molar-refractivity contribution in [3.05, 3.63) is 29.8 Å². The van der Waals surface area contributed by atoms with Crippen LogP contribution in [0.2, 0.25) is 0 Å². The topological polar surface area (TPSA) is 166 Å². The molecule has 0 fully saturated rings. The largest absolute Gasteiger partial charge is 0.481 e. The number of aryl methyl sites for hydroxylation is 1. The van der Waals surface area contributed by atoms with Gasteiger partial charge in [-0.2, -0.15) is 0 Å². The second-order valence-electron chi connectivity index (χ2n) is 4.86.